The molecule has 1 saturated carbocycles. The van der Waals surface area contributed by atoms with E-state index in [1.54, 1.807) is 32.6 Å². The maximum Gasteiger partial charge on any atom is 0.408 e. The van der Waals surface area contributed by atoms with Crippen molar-refractivity contribution in [2.45, 2.75) is 137 Å². The Bertz CT molecular complexity index is 947. The van der Waals surface area contributed by atoms with Crippen molar-refractivity contribution < 1.29 is 19.1 Å². The van der Waals surface area contributed by atoms with Gasteiger partial charge in [0.25, 0.3) is 0 Å². The number of nitrogens with one attached hydrogen (secondary N) is 2. The van der Waals surface area contributed by atoms with Gasteiger partial charge in [0.05, 0.1) is 0 Å². The Hall–Kier alpha value is -2.57. The van der Waals surface area contributed by atoms with Crippen LogP contribution in [0.5, 0.6) is 0 Å². The topological polar surface area (TPSA) is 87.7 Å². The van der Waals surface area contributed by atoms with Gasteiger partial charge < -0.3 is 20.3 Å². The first-order valence-electron chi connectivity index (χ1n) is 14.4. The van der Waals surface area contributed by atoms with Crippen LogP contribution in [0.4, 0.5) is 4.79 Å². The third-order valence-electron chi connectivity index (χ3n) is 7.20. The van der Waals surface area contributed by atoms with Crippen LogP contribution >= 0.6 is 0 Å². The highest BCUT2D eigenvalue weighted by Crippen LogP contribution is 2.31. The molecule has 1 aromatic rings. The quantitative estimate of drug-likeness (QED) is 0.369. The summed E-state index contributed by atoms with van der Waals surface area (Å²) in [5.41, 5.74) is 2.13. The van der Waals surface area contributed by atoms with Crippen LogP contribution in [-0.4, -0.2) is 46.5 Å². The molecule has 7 heteroatoms. The number of alkyl carbamates (subject to hydrolysis) is 1. The molecule has 1 fully saturated rings. The molecule has 2 rings (SSSR count). The van der Waals surface area contributed by atoms with Gasteiger partial charge in [0.2, 0.25) is 11.8 Å². The molecule has 214 valence electrons. The number of rotatable bonds is 10. The first kappa shape index (κ1) is 31.6. The zero-order valence-corrected chi connectivity index (χ0v) is 25.1. The van der Waals surface area contributed by atoms with Crippen molar-refractivity contribution in [3.8, 4) is 0 Å². The van der Waals surface area contributed by atoms with Gasteiger partial charge in [-0.15, -0.1) is 0 Å². The van der Waals surface area contributed by atoms with E-state index in [1.807, 2.05) is 39.0 Å². The Morgan fingerprint density at radius 1 is 1.00 bits per heavy atom. The van der Waals surface area contributed by atoms with Crippen LogP contribution < -0.4 is 10.6 Å². The smallest absolute Gasteiger partial charge is 0.408 e. The molecule has 3 amide bonds. The molecule has 0 spiro atoms. The molecule has 3 unspecified atom stereocenters. The standard InChI is InChI=1S/C31H51N3O4/c1-20(2)15-18-23(5)34(29(36)24(6)32-30(37)38-31(7,8)9)27(26-19-21(3)16-17-22(26)4)28(35)33-25-13-11-10-12-14-25/h16-17,19-20,23-25,27H,10-15,18H2,1-9H3,(H,32,37)(H,33,35). The van der Waals surface area contributed by atoms with Gasteiger partial charge in [-0.3, -0.25) is 9.59 Å². The van der Waals surface area contributed by atoms with E-state index >= 15 is 0 Å². The van der Waals surface area contributed by atoms with Crippen LogP contribution in [0.1, 0.15) is 116 Å². The van der Waals surface area contributed by atoms with Gasteiger partial charge >= 0.3 is 6.09 Å². The Morgan fingerprint density at radius 3 is 2.21 bits per heavy atom. The Labute approximate surface area is 230 Å². The average molecular weight is 530 g/mol. The van der Waals surface area contributed by atoms with Crippen molar-refractivity contribution in [3.05, 3.63) is 34.9 Å². The van der Waals surface area contributed by atoms with E-state index in [1.165, 1.54) is 6.42 Å². The summed E-state index contributed by atoms with van der Waals surface area (Å²) in [4.78, 5) is 42.4. The van der Waals surface area contributed by atoms with Crippen molar-refractivity contribution in [3.63, 3.8) is 0 Å². The van der Waals surface area contributed by atoms with Gasteiger partial charge in [0.15, 0.2) is 0 Å². The summed E-state index contributed by atoms with van der Waals surface area (Å²) in [7, 11) is 0. The maximum atomic E-state index is 14.1. The second-order valence-corrected chi connectivity index (χ2v) is 12.5. The minimum atomic E-state index is -0.860. The van der Waals surface area contributed by atoms with Gasteiger partial charge in [-0.05, 0) is 91.2 Å². The number of aryl methyl sites for hydroxylation is 2. The first-order chi connectivity index (χ1) is 17.7. The highest BCUT2D eigenvalue weighted by Gasteiger charge is 2.39. The molecule has 38 heavy (non-hydrogen) atoms. The number of hydrogen-bond acceptors (Lipinski definition) is 4. The average Bonchev–Trinajstić information content (AvgIpc) is 2.81. The van der Waals surface area contributed by atoms with E-state index in [0.717, 1.165) is 55.2 Å². The van der Waals surface area contributed by atoms with Crippen molar-refractivity contribution in [1.82, 2.24) is 15.5 Å². The molecular formula is C31H51N3O4. The van der Waals surface area contributed by atoms with E-state index in [9.17, 15) is 14.4 Å². The molecule has 1 aliphatic carbocycles. The Balaban J connectivity index is 2.50. The zero-order valence-electron chi connectivity index (χ0n) is 25.1. The molecule has 3 atom stereocenters. The third-order valence-corrected chi connectivity index (χ3v) is 7.20. The van der Waals surface area contributed by atoms with Gasteiger partial charge in [-0.25, -0.2) is 4.79 Å². The highest BCUT2D eigenvalue weighted by atomic mass is 16.6. The normalized spacial score (nSPS) is 16.9. The zero-order chi connectivity index (χ0) is 28.6. The lowest BCUT2D eigenvalue weighted by Gasteiger charge is -2.39. The van der Waals surface area contributed by atoms with Gasteiger partial charge in [0.1, 0.15) is 17.7 Å². The number of benzene rings is 1. The minimum absolute atomic E-state index is 0.115. The molecule has 0 heterocycles. The fourth-order valence-electron chi connectivity index (χ4n) is 5.08. The van der Waals surface area contributed by atoms with Crippen LogP contribution in [0, 0.1) is 19.8 Å². The van der Waals surface area contributed by atoms with Crippen LogP contribution in [-0.2, 0) is 14.3 Å². The molecule has 0 bridgehead atoms. The Morgan fingerprint density at radius 2 is 1.63 bits per heavy atom. The fourth-order valence-corrected chi connectivity index (χ4v) is 5.08. The molecule has 7 nitrogen and oxygen atoms in total. The molecular weight excluding hydrogens is 478 g/mol. The highest BCUT2D eigenvalue weighted by molar-refractivity contribution is 5.92. The number of ether oxygens (including phenoxy) is 1. The van der Waals surface area contributed by atoms with Crippen molar-refractivity contribution in [2.75, 3.05) is 0 Å². The second kappa shape index (κ2) is 14.0. The SMILES string of the molecule is Cc1ccc(C)c(C(C(=O)NC2CCCCC2)N(C(=O)C(C)NC(=O)OC(C)(C)C)C(C)CCC(C)C)c1. The predicted molar refractivity (Wildman–Crippen MR) is 153 cm³/mol. The lowest BCUT2D eigenvalue weighted by molar-refractivity contribution is -0.145. The van der Waals surface area contributed by atoms with Crippen molar-refractivity contribution in [2.24, 2.45) is 5.92 Å². The third kappa shape index (κ3) is 9.63. The summed E-state index contributed by atoms with van der Waals surface area (Å²) in [6, 6.07) is 4.29. The van der Waals surface area contributed by atoms with E-state index in [2.05, 4.69) is 24.5 Å². The van der Waals surface area contributed by atoms with Crippen LogP contribution in [0.25, 0.3) is 0 Å². The summed E-state index contributed by atoms with van der Waals surface area (Å²) in [5.74, 6) is 0.0126. The van der Waals surface area contributed by atoms with Crippen LogP contribution in [0.3, 0.4) is 0 Å². The number of amides is 3. The molecule has 0 aromatic heterocycles. The van der Waals surface area contributed by atoms with Gasteiger partial charge in [-0.1, -0.05) is 56.9 Å². The number of carbonyl (C=O) groups is 3. The molecule has 0 aliphatic heterocycles. The minimum Gasteiger partial charge on any atom is -0.444 e. The summed E-state index contributed by atoms with van der Waals surface area (Å²) in [6.45, 7) is 17.3. The summed E-state index contributed by atoms with van der Waals surface area (Å²) in [6.07, 6.45) is 6.33. The summed E-state index contributed by atoms with van der Waals surface area (Å²) < 4.78 is 5.41. The number of hydrogen-bond donors (Lipinski definition) is 2. The van der Waals surface area contributed by atoms with E-state index in [0.29, 0.717) is 5.92 Å². The van der Waals surface area contributed by atoms with Crippen LogP contribution in [0.15, 0.2) is 18.2 Å². The lowest BCUT2D eigenvalue weighted by atomic mass is 9.92. The fraction of sp³-hybridized carbons (Fsp3) is 0.710. The second-order valence-electron chi connectivity index (χ2n) is 12.5. The van der Waals surface area contributed by atoms with E-state index < -0.39 is 23.8 Å². The van der Waals surface area contributed by atoms with E-state index in [-0.39, 0.29) is 23.9 Å². The largest absolute Gasteiger partial charge is 0.444 e. The monoisotopic (exact) mass is 529 g/mol. The van der Waals surface area contributed by atoms with Crippen molar-refractivity contribution in [1.29, 1.82) is 0 Å². The molecule has 0 radical (unpaired) electrons. The first-order valence-corrected chi connectivity index (χ1v) is 14.4. The van der Waals surface area contributed by atoms with Crippen molar-refractivity contribution >= 4 is 17.9 Å². The molecule has 2 N–H and O–H groups in total. The summed E-state index contributed by atoms with van der Waals surface area (Å²) >= 11 is 0. The number of carbonyl (C=O) groups excluding carboxylic acids is 3. The van der Waals surface area contributed by atoms with E-state index in [4.69, 9.17) is 4.74 Å². The molecule has 1 aliphatic rings. The van der Waals surface area contributed by atoms with Crippen LogP contribution in [0.2, 0.25) is 0 Å². The summed E-state index contributed by atoms with van der Waals surface area (Å²) in [5, 5.41) is 5.99. The lowest BCUT2D eigenvalue weighted by Crippen LogP contribution is -2.55. The number of nitrogens with zero attached hydrogens (tertiary/aromatic N) is 1. The van der Waals surface area contributed by atoms with Gasteiger partial charge in [0, 0.05) is 12.1 Å². The van der Waals surface area contributed by atoms with Gasteiger partial charge in [-0.2, -0.15) is 0 Å². The maximum absolute atomic E-state index is 14.1. The predicted octanol–water partition coefficient (Wildman–Crippen LogP) is 6.36. The molecule has 0 saturated heterocycles. The Kier molecular flexibility index (Phi) is 11.7. The molecule has 1 aromatic carbocycles.